The highest BCUT2D eigenvalue weighted by atomic mass is 16.1. The van der Waals surface area contributed by atoms with Gasteiger partial charge in [0, 0.05) is 17.6 Å². The average Bonchev–Trinajstić information content (AvgIpc) is 2.74. The highest BCUT2D eigenvalue weighted by Crippen LogP contribution is 2.13. The molecule has 0 aliphatic heterocycles. The van der Waals surface area contributed by atoms with Crippen molar-refractivity contribution in [1.29, 1.82) is 0 Å². The molecule has 0 saturated heterocycles. The van der Waals surface area contributed by atoms with Gasteiger partial charge in [0.05, 0.1) is 12.7 Å². The Morgan fingerprint density at radius 2 is 2.25 bits per heavy atom. The Labute approximate surface area is 93.7 Å². The van der Waals surface area contributed by atoms with Crippen LogP contribution in [-0.2, 0) is 11.2 Å². The van der Waals surface area contributed by atoms with E-state index in [1.165, 1.54) is 0 Å². The molecule has 0 aliphatic rings. The van der Waals surface area contributed by atoms with Crippen molar-refractivity contribution < 1.29 is 4.79 Å². The van der Waals surface area contributed by atoms with Crippen LogP contribution in [0, 0.1) is 6.92 Å². The molecule has 0 radical (unpaired) electrons. The van der Waals surface area contributed by atoms with Gasteiger partial charge in [-0.25, -0.2) is 4.98 Å². The molecule has 2 rings (SSSR count). The highest BCUT2D eigenvalue weighted by molar-refractivity contribution is 5.92. The number of anilines is 1. The number of carbonyl (C=O) groups is 1. The summed E-state index contributed by atoms with van der Waals surface area (Å²) in [4.78, 5) is 18.4. The maximum absolute atomic E-state index is 11.7. The number of para-hydroxylation sites is 1. The summed E-state index contributed by atoms with van der Waals surface area (Å²) in [5.74, 6) is -0.0430. The average molecular weight is 215 g/mol. The van der Waals surface area contributed by atoms with Crippen LogP contribution in [-0.4, -0.2) is 15.9 Å². The number of nitrogens with zero attached hydrogens (tertiary/aromatic N) is 1. The van der Waals surface area contributed by atoms with Crippen LogP contribution in [0.2, 0.25) is 0 Å². The number of aromatic nitrogens is 2. The molecule has 16 heavy (non-hydrogen) atoms. The van der Waals surface area contributed by atoms with E-state index in [1.54, 1.807) is 12.5 Å². The summed E-state index contributed by atoms with van der Waals surface area (Å²) < 4.78 is 0. The van der Waals surface area contributed by atoms with E-state index in [9.17, 15) is 4.79 Å². The maximum atomic E-state index is 11.7. The van der Waals surface area contributed by atoms with Crippen LogP contribution in [0.3, 0.4) is 0 Å². The van der Waals surface area contributed by atoms with Crippen LogP contribution in [0.1, 0.15) is 11.3 Å². The van der Waals surface area contributed by atoms with Crippen LogP contribution in [0.15, 0.2) is 36.8 Å². The Bertz CT molecular complexity index is 477. The molecule has 1 heterocycles. The normalized spacial score (nSPS) is 10.1. The Morgan fingerprint density at radius 3 is 2.94 bits per heavy atom. The first-order valence-corrected chi connectivity index (χ1v) is 5.08. The second kappa shape index (κ2) is 4.61. The van der Waals surface area contributed by atoms with Gasteiger partial charge >= 0.3 is 0 Å². The number of rotatable bonds is 3. The van der Waals surface area contributed by atoms with Gasteiger partial charge < -0.3 is 10.3 Å². The summed E-state index contributed by atoms with van der Waals surface area (Å²) in [5, 5.41) is 2.86. The number of amides is 1. The molecule has 1 aromatic carbocycles. The van der Waals surface area contributed by atoms with Gasteiger partial charge in [0.15, 0.2) is 0 Å². The zero-order valence-electron chi connectivity index (χ0n) is 9.03. The third-order valence-electron chi connectivity index (χ3n) is 2.33. The third kappa shape index (κ3) is 2.48. The highest BCUT2D eigenvalue weighted by Gasteiger charge is 2.05. The van der Waals surface area contributed by atoms with E-state index in [-0.39, 0.29) is 5.91 Å². The topological polar surface area (TPSA) is 57.8 Å². The summed E-state index contributed by atoms with van der Waals surface area (Å²) in [6.07, 6.45) is 3.53. The molecule has 2 aromatic rings. The standard InChI is InChI=1S/C12H13N3O/c1-9-4-2-3-5-11(9)15-12(16)6-10-7-13-8-14-10/h2-5,7-8H,6H2,1H3,(H,13,14)(H,15,16). The summed E-state index contributed by atoms with van der Waals surface area (Å²) in [5.41, 5.74) is 2.72. The molecule has 82 valence electrons. The van der Waals surface area contributed by atoms with Crippen molar-refractivity contribution in [3.63, 3.8) is 0 Å². The summed E-state index contributed by atoms with van der Waals surface area (Å²) >= 11 is 0. The molecule has 4 heteroatoms. The van der Waals surface area contributed by atoms with Crippen LogP contribution in [0.4, 0.5) is 5.69 Å². The monoisotopic (exact) mass is 215 g/mol. The second-order valence-electron chi connectivity index (χ2n) is 3.62. The Hall–Kier alpha value is -2.10. The van der Waals surface area contributed by atoms with Gasteiger partial charge in [-0.1, -0.05) is 18.2 Å². The molecule has 0 aliphatic carbocycles. The van der Waals surface area contributed by atoms with E-state index >= 15 is 0 Å². The molecule has 0 fully saturated rings. The number of hydrogen-bond acceptors (Lipinski definition) is 2. The minimum atomic E-state index is -0.0430. The number of benzene rings is 1. The van der Waals surface area contributed by atoms with Gasteiger partial charge in [0.2, 0.25) is 5.91 Å². The SMILES string of the molecule is Cc1ccccc1NC(=O)Cc1cnc[nH]1. The van der Waals surface area contributed by atoms with Gasteiger partial charge in [-0.2, -0.15) is 0 Å². The lowest BCUT2D eigenvalue weighted by Crippen LogP contribution is -2.15. The predicted molar refractivity (Wildman–Crippen MR) is 62.1 cm³/mol. The molecule has 0 unspecified atom stereocenters. The van der Waals surface area contributed by atoms with Crippen molar-refractivity contribution >= 4 is 11.6 Å². The number of H-pyrrole nitrogens is 1. The first-order chi connectivity index (χ1) is 7.75. The van der Waals surface area contributed by atoms with Gasteiger partial charge in [-0.05, 0) is 18.6 Å². The van der Waals surface area contributed by atoms with Gasteiger partial charge in [-0.3, -0.25) is 4.79 Å². The van der Waals surface area contributed by atoms with Crippen LogP contribution in [0.25, 0.3) is 0 Å². The molecular weight excluding hydrogens is 202 g/mol. The molecule has 0 atom stereocenters. The molecule has 4 nitrogen and oxygen atoms in total. The lowest BCUT2D eigenvalue weighted by atomic mass is 10.2. The van der Waals surface area contributed by atoms with E-state index in [0.29, 0.717) is 6.42 Å². The molecule has 0 saturated carbocycles. The van der Waals surface area contributed by atoms with Crippen LogP contribution in [0.5, 0.6) is 0 Å². The fourth-order valence-electron chi connectivity index (χ4n) is 1.46. The fraction of sp³-hybridized carbons (Fsp3) is 0.167. The molecule has 1 amide bonds. The van der Waals surface area contributed by atoms with E-state index in [4.69, 9.17) is 0 Å². The van der Waals surface area contributed by atoms with Crippen molar-refractivity contribution in [2.45, 2.75) is 13.3 Å². The first-order valence-electron chi connectivity index (χ1n) is 5.08. The van der Waals surface area contributed by atoms with Crippen LogP contribution < -0.4 is 5.32 Å². The van der Waals surface area contributed by atoms with Crippen molar-refractivity contribution in [2.24, 2.45) is 0 Å². The lowest BCUT2D eigenvalue weighted by Gasteiger charge is -2.06. The number of nitrogens with one attached hydrogen (secondary N) is 2. The second-order valence-corrected chi connectivity index (χ2v) is 3.62. The fourth-order valence-corrected chi connectivity index (χ4v) is 1.46. The molecule has 0 bridgehead atoms. The number of aromatic amines is 1. The minimum Gasteiger partial charge on any atom is -0.348 e. The quantitative estimate of drug-likeness (QED) is 0.821. The summed E-state index contributed by atoms with van der Waals surface area (Å²) in [6, 6.07) is 7.70. The Balaban J connectivity index is 2.00. The van der Waals surface area contributed by atoms with Crippen molar-refractivity contribution in [1.82, 2.24) is 9.97 Å². The number of imidazole rings is 1. The van der Waals surface area contributed by atoms with Gasteiger partial charge in [0.1, 0.15) is 0 Å². The number of hydrogen-bond donors (Lipinski definition) is 2. The van der Waals surface area contributed by atoms with Gasteiger partial charge in [0.25, 0.3) is 0 Å². The molecule has 2 N–H and O–H groups in total. The molecule has 0 spiro atoms. The first kappa shape index (κ1) is 10.4. The van der Waals surface area contributed by atoms with Gasteiger partial charge in [-0.15, -0.1) is 0 Å². The maximum Gasteiger partial charge on any atom is 0.230 e. The van der Waals surface area contributed by atoms with Crippen molar-refractivity contribution in [3.05, 3.63) is 48.0 Å². The smallest absolute Gasteiger partial charge is 0.230 e. The summed E-state index contributed by atoms with van der Waals surface area (Å²) in [7, 11) is 0. The number of carbonyl (C=O) groups excluding carboxylic acids is 1. The predicted octanol–water partition coefficient (Wildman–Crippen LogP) is 1.90. The van der Waals surface area contributed by atoms with E-state index in [0.717, 1.165) is 16.9 Å². The zero-order chi connectivity index (χ0) is 11.4. The number of aryl methyl sites for hydroxylation is 1. The molecular formula is C12H13N3O. The third-order valence-corrected chi connectivity index (χ3v) is 2.33. The van der Waals surface area contributed by atoms with Crippen LogP contribution >= 0.6 is 0 Å². The zero-order valence-corrected chi connectivity index (χ0v) is 9.03. The van der Waals surface area contributed by atoms with Crippen molar-refractivity contribution in [3.8, 4) is 0 Å². The summed E-state index contributed by atoms with van der Waals surface area (Å²) in [6.45, 7) is 1.96. The Kier molecular flexibility index (Phi) is 3.00. The van der Waals surface area contributed by atoms with E-state index < -0.39 is 0 Å². The molecule has 1 aromatic heterocycles. The minimum absolute atomic E-state index is 0.0430. The van der Waals surface area contributed by atoms with E-state index in [2.05, 4.69) is 15.3 Å². The Morgan fingerprint density at radius 1 is 1.44 bits per heavy atom. The van der Waals surface area contributed by atoms with E-state index in [1.807, 2.05) is 31.2 Å². The lowest BCUT2D eigenvalue weighted by molar-refractivity contribution is -0.115. The van der Waals surface area contributed by atoms with Crippen molar-refractivity contribution in [2.75, 3.05) is 5.32 Å². The largest absolute Gasteiger partial charge is 0.348 e.